The minimum Gasteiger partial charge on any atom is -0.337 e. The summed E-state index contributed by atoms with van der Waals surface area (Å²) in [6.45, 7) is 0.532. The largest absolute Gasteiger partial charge is 0.337 e. The van der Waals surface area contributed by atoms with Crippen molar-refractivity contribution in [1.82, 2.24) is 5.32 Å². The third-order valence-corrected chi connectivity index (χ3v) is 4.88. The highest BCUT2D eigenvalue weighted by Gasteiger charge is 2.28. The summed E-state index contributed by atoms with van der Waals surface area (Å²) in [5.41, 5.74) is 5.60. The Morgan fingerprint density at radius 3 is 2.04 bits per heavy atom. The zero-order valence-electron chi connectivity index (χ0n) is 13.5. The number of fused-ring (bicyclic) bond motifs is 3. The van der Waals surface area contributed by atoms with Crippen molar-refractivity contribution in [3.8, 4) is 11.1 Å². The maximum absolute atomic E-state index is 12.3. The van der Waals surface area contributed by atoms with E-state index in [0.717, 1.165) is 0 Å². The Kier molecular flexibility index (Phi) is 4.16. The highest BCUT2D eigenvalue weighted by molar-refractivity contribution is 6.33. The van der Waals surface area contributed by atoms with Crippen LogP contribution in [-0.4, -0.2) is 12.6 Å². The molecule has 0 aliphatic heterocycles. The summed E-state index contributed by atoms with van der Waals surface area (Å²) < 4.78 is 0. The van der Waals surface area contributed by atoms with Crippen LogP contribution in [0.2, 0.25) is 5.02 Å². The molecule has 0 saturated carbocycles. The lowest BCUT2D eigenvalue weighted by Crippen LogP contribution is -2.32. The molecule has 0 fully saturated rings. The van der Waals surface area contributed by atoms with E-state index in [1.165, 1.54) is 22.3 Å². The second-order valence-electron chi connectivity index (χ2n) is 6.04. The number of amides is 2. The monoisotopic (exact) mass is 348 g/mol. The van der Waals surface area contributed by atoms with E-state index in [2.05, 4.69) is 47.0 Å². The van der Waals surface area contributed by atoms with E-state index >= 15 is 0 Å². The van der Waals surface area contributed by atoms with Crippen molar-refractivity contribution < 1.29 is 4.79 Å². The fraction of sp³-hybridized carbons (Fsp3) is 0.0952. The average molecular weight is 349 g/mol. The van der Waals surface area contributed by atoms with E-state index in [1.807, 2.05) is 24.3 Å². The number of nitrogens with one attached hydrogen (secondary N) is 2. The molecule has 0 heterocycles. The van der Waals surface area contributed by atoms with Crippen LogP contribution < -0.4 is 10.6 Å². The number of urea groups is 1. The van der Waals surface area contributed by atoms with Gasteiger partial charge in [0.1, 0.15) is 0 Å². The highest BCUT2D eigenvalue weighted by Crippen LogP contribution is 2.44. The Labute approximate surface area is 151 Å². The molecule has 4 rings (SSSR count). The lowest BCUT2D eigenvalue weighted by molar-refractivity contribution is 0.252. The van der Waals surface area contributed by atoms with E-state index in [4.69, 9.17) is 11.6 Å². The minimum absolute atomic E-state index is 0.157. The molecular weight excluding hydrogens is 332 g/mol. The second kappa shape index (κ2) is 6.61. The van der Waals surface area contributed by atoms with Gasteiger partial charge in [0, 0.05) is 12.5 Å². The van der Waals surface area contributed by atoms with Gasteiger partial charge in [-0.25, -0.2) is 4.79 Å². The van der Waals surface area contributed by atoms with Gasteiger partial charge in [0.25, 0.3) is 0 Å². The van der Waals surface area contributed by atoms with E-state index in [9.17, 15) is 4.79 Å². The molecule has 3 aromatic rings. The number of anilines is 1. The lowest BCUT2D eigenvalue weighted by Gasteiger charge is -2.15. The number of hydrogen-bond acceptors (Lipinski definition) is 1. The molecule has 3 nitrogen and oxygen atoms in total. The predicted octanol–water partition coefficient (Wildman–Crippen LogP) is 5.27. The van der Waals surface area contributed by atoms with Crippen molar-refractivity contribution in [2.75, 3.05) is 11.9 Å². The first kappa shape index (κ1) is 15.7. The number of rotatable bonds is 3. The lowest BCUT2D eigenvalue weighted by atomic mass is 9.97. The van der Waals surface area contributed by atoms with Crippen LogP contribution in [0.3, 0.4) is 0 Å². The van der Waals surface area contributed by atoms with Gasteiger partial charge in [0.2, 0.25) is 0 Å². The molecule has 2 amide bonds. The van der Waals surface area contributed by atoms with Crippen LogP contribution in [0.15, 0.2) is 72.8 Å². The summed E-state index contributed by atoms with van der Waals surface area (Å²) in [7, 11) is 0. The predicted molar refractivity (Wildman–Crippen MR) is 102 cm³/mol. The van der Waals surface area contributed by atoms with Crippen LogP contribution in [0.4, 0.5) is 10.5 Å². The van der Waals surface area contributed by atoms with Crippen molar-refractivity contribution in [2.24, 2.45) is 0 Å². The molecule has 4 heteroatoms. The molecule has 0 aromatic heterocycles. The maximum atomic E-state index is 12.3. The molecule has 0 spiro atoms. The Balaban J connectivity index is 1.51. The van der Waals surface area contributed by atoms with Crippen molar-refractivity contribution in [3.63, 3.8) is 0 Å². The van der Waals surface area contributed by atoms with Gasteiger partial charge in [-0.2, -0.15) is 0 Å². The van der Waals surface area contributed by atoms with Crippen LogP contribution in [0, 0.1) is 0 Å². The normalized spacial score (nSPS) is 12.4. The molecule has 0 saturated heterocycles. The molecule has 0 bridgehead atoms. The van der Waals surface area contributed by atoms with Crippen LogP contribution in [0.5, 0.6) is 0 Å². The first-order valence-corrected chi connectivity index (χ1v) is 8.59. The summed E-state index contributed by atoms with van der Waals surface area (Å²) in [4.78, 5) is 12.3. The van der Waals surface area contributed by atoms with E-state index in [1.54, 1.807) is 12.1 Å². The molecule has 25 heavy (non-hydrogen) atoms. The van der Waals surface area contributed by atoms with Crippen molar-refractivity contribution in [3.05, 3.63) is 88.9 Å². The third-order valence-electron chi connectivity index (χ3n) is 4.55. The van der Waals surface area contributed by atoms with Gasteiger partial charge < -0.3 is 10.6 Å². The van der Waals surface area contributed by atoms with Gasteiger partial charge in [-0.15, -0.1) is 0 Å². The third kappa shape index (κ3) is 2.99. The molecule has 2 N–H and O–H groups in total. The number of benzene rings is 3. The Bertz CT molecular complexity index is 893. The van der Waals surface area contributed by atoms with Crippen molar-refractivity contribution >= 4 is 23.3 Å². The number of carbonyl (C=O) groups is 1. The molecular formula is C21H17ClN2O. The zero-order valence-corrected chi connectivity index (χ0v) is 14.3. The molecule has 0 unspecified atom stereocenters. The van der Waals surface area contributed by atoms with Gasteiger partial charge in [0.15, 0.2) is 0 Å². The molecule has 1 aliphatic carbocycles. The highest BCUT2D eigenvalue weighted by atomic mass is 35.5. The first-order valence-electron chi connectivity index (χ1n) is 8.21. The van der Waals surface area contributed by atoms with Crippen molar-refractivity contribution in [1.29, 1.82) is 0 Å². The quantitative estimate of drug-likeness (QED) is 0.664. The van der Waals surface area contributed by atoms with Gasteiger partial charge in [0.05, 0.1) is 10.7 Å². The van der Waals surface area contributed by atoms with Gasteiger partial charge in [-0.1, -0.05) is 72.3 Å². The first-order chi connectivity index (χ1) is 12.2. The van der Waals surface area contributed by atoms with Crippen LogP contribution in [0.25, 0.3) is 11.1 Å². The number of para-hydroxylation sites is 1. The molecule has 0 atom stereocenters. The van der Waals surface area contributed by atoms with Crippen LogP contribution >= 0.6 is 11.6 Å². The zero-order chi connectivity index (χ0) is 17.2. The molecule has 1 aliphatic rings. The maximum Gasteiger partial charge on any atom is 0.319 e. The summed E-state index contributed by atoms with van der Waals surface area (Å²) in [5.74, 6) is 0.157. The number of halogens is 1. The molecule has 0 radical (unpaired) electrons. The Morgan fingerprint density at radius 2 is 1.40 bits per heavy atom. The van der Waals surface area contributed by atoms with Gasteiger partial charge in [-0.3, -0.25) is 0 Å². The Hall–Kier alpha value is -2.78. The van der Waals surface area contributed by atoms with E-state index < -0.39 is 0 Å². The van der Waals surface area contributed by atoms with Gasteiger partial charge in [-0.05, 0) is 34.4 Å². The average Bonchev–Trinajstić information content (AvgIpc) is 2.96. The van der Waals surface area contributed by atoms with E-state index in [0.29, 0.717) is 17.3 Å². The summed E-state index contributed by atoms with van der Waals surface area (Å²) >= 11 is 6.09. The SMILES string of the molecule is O=C(NCC1c2ccccc2-c2ccccc21)Nc1ccccc1Cl. The topological polar surface area (TPSA) is 41.1 Å². The minimum atomic E-state index is -0.255. The van der Waals surface area contributed by atoms with E-state index in [-0.39, 0.29) is 11.9 Å². The Morgan fingerprint density at radius 1 is 0.840 bits per heavy atom. The standard InChI is InChI=1S/C21H17ClN2O/c22-19-11-5-6-12-20(19)24-21(25)23-13-18-16-9-3-1-7-14(16)15-8-2-4-10-17(15)18/h1-12,18H,13H2,(H2,23,24,25). The van der Waals surface area contributed by atoms with Crippen LogP contribution in [0.1, 0.15) is 17.0 Å². The van der Waals surface area contributed by atoms with Gasteiger partial charge >= 0.3 is 6.03 Å². The van der Waals surface area contributed by atoms with Crippen LogP contribution in [-0.2, 0) is 0 Å². The smallest absolute Gasteiger partial charge is 0.319 e. The number of carbonyl (C=O) groups excluding carboxylic acids is 1. The summed E-state index contributed by atoms with van der Waals surface area (Å²) in [5, 5.41) is 6.30. The summed E-state index contributed by atoms with van der Waals surface area (Å²) in [6, 6.07) is 23.7. The fourth-order valence-electron chi connectivity index (χ4n) is 3.40. The summed E-state index contributed by atoms with van der Waals surface area (Å²) in [6.07, 6.45) is 0. The van der Waals surface area contributed by atoms with Crippen molar-refractivity contribution in [2.45, 2.75) is 5.92 Å². The second-order valence-corrected chi connectivity index (χ2v) is 6.45. The number of hydrogen-bond donors (Lipinski definition) is 2. The molecule has 3 aromatic carbocycles. The molecule has 124 valence electrons. The fourth-order valence-corrected chi connectivity index (χ4v) is 3.59.